The minimum Gasteiger partial charge on any atom is -0.468 e. The molecule has 0 aliphatic rings. The third-order valence-electron chi connectivity index (χ3n) is 3.48. The van der Waals surface area contributed by atoms with Crippen LogP contribution in [0.3, 0.4) is 0 Å². The molecule has 20 heavy (non-hydrogen) atoms. The van der Waals surface area contributed by atoms with E-state index in [-0.39, 0.29) is 12.1 Å². The first kappa shape index (κ1) is 15.1. The summed E-state index contributed by atoms with van der Waals surface area (Å²) in [7, 11) is 4.11. The Labute approximate surface area is 125 Å². The predicted octanol–water partition coefficient (Wildman–Crippen LogP) is 3.89. The van der Waals surface area contributed by atoms with Gasteiger partial charge < -0.3 is 9.73 Å². The van der Waals surface area contributed by atoms with Crippen molar-refractivity contribution >= 4 is 11.6 Å². The second kappa shape index (κ2) is 6.93. The summed E-state index contributed by atoms with van der Waals surface area (Å²) in [5, 5.41) is 4.31. The lowest BCUT2D eigenvalue weighted by Gasteiger charge is -2.25. The van der Waals surface area contributed by atoms with Crippen molar-refractivity contribution < 1.29 is 4.42 Å². The third kappa shape index (κ3) is 3.85. The smallest absolute Gasteiger partial charge is 0.122 e. The maximum Gasteiger partial charge on any atom is 0.122 e. The van der Waals surface area contributed by atoms with Crippen LogP contribution in [0.2, 0.25) is 5.02 Å². The van der Waals surface area contributed by atoms with E-state index >= 15 is 0 Å². The van der Waals surface area contributed by atoms with E-state index in [9.17, 15) is 0 Å². The van der Waals surface area contributed by atoms with E-state index in [4.69, 9.17) is 16.0 Å². The number of nitrogens with one attached hydrogen (secondary N) is 1. The molecule has 2 rings (SSSR count). The van der Waals surface area contributed by atoms with E-state index in [1.807, 2.05) is 24.3 Å². The zero-order valence-corrected chi connectivity index (χ0v) is 12.9. The molecule has 0 fully saturated rings. The Morgan fingerprint density at radius 2 is 1.90 bits per heavy atom. The molecule has 2 atom stereocenters. The highest BCUT2D eigenvalue weighted by atomic mass is 35.5. The predicted molar refractivity (Wildman–Crippen MR) is 83.0 cm³/mol. The fourth-order valence-corrected chi connectivity index (χ4v) is 2.30. The average molecular weight is 293 g/mol. The van der Waals surface area contributed by atoms with Gasteiger partial charge in [-0.25, -0.2) is 0 Å². The fourth-order valence-electron chi connectivity index (χ4n) is 2.18. The number of rotatable bonds is 6. The van der Waals surface area contributed by atoms with E-state index in [0.717, 1.165) is 17.3 Å². The lowest BCUT2D eigenvalue weighted by Crippen LogP contribution is -2.32. The lowest BCUT2D eigenvalue weighted by molar-refractivity contribution is 0.245. The number of nitrogens with zero attached hydrogens (tertiary/aromatic N) is 1. The van der Waals surface area contributed by atoms with Gasteiger partial charge in [-0.1, -0.05) is 23.7 Å². The van der Waals surface area contributed by atoms with Gasteiger partial charge in [0.05, 0.1) is 12.3 Å². The van der Waals surface area contributed by atoms with E-state index in [0.29, 0.717) is 0 Å². The minimum atomic E-state index is 0.222. The molecular formula is C16H21ClN2O. The summed E-state index contributed by atoms with van der Waals surface area (Å²) in [5.74, 6) is 0.978. The Morgan fingerprint density at radius 3 is 2.45 bits per heavy atom. The van der Waals surface area contributed by atoms with Crippen LogP contribution in [0.1, 0.15) is 30.3 Å². The van der Waals surface area contributed by atoms with Gasteiger partial charge in [0.1, 0.15) is 5.76 Å². The summed E-state index contributed by atoms with van der Waals surface area (Å²) >= 11 is 5.91. The lowest BCUT2D eigenvalue weighted by atomic mass is 10.1. The zero-order valence-electron chi connectivity index (χ0n) is 12.1. The summed E-state index contributed by atoms with van der Waals surface area (Å²) in [6, 6.07) is 12.4. The second-order valence-corrected chi connectivity index (χ2v) is 5.61. The molecule has 2 aromatic rings. The molecule has 4 heteroatoms. The molecule has 0 spiro atoms. The van der Waals surface area contributed by atoms with Crippen molar-refractivity contribution in [1.29, 1.82) is 0 Å². The van der Waals surface area contributed by atoms with Crippen LogP contribution in [0.5, 0.6) is 0 Å². The van der Waals surface area contributed by atoms with Crippen LogP contribution >= 0.6 is 11.6 Å². The summed E-state index contributed by atoms with van der Waals surface area (Å²) in [4.78, 5) is 2.15. The van der Waals surface area contributed by atoms with Crippen molar-refractivity contribution in [2.75, 3.05) is 20.6 Å². The maximum atomic E-state index is 5.91. The normalized spacial score (nSPS) is 14.4. The molecule has 0 bridgehead atoms. The topological polar surface area (TPSA) is 28.4 Å². The number of hydrogen-bond donors (Lipinski definition) is 1. The summed E-state index contributed by atoms with van der Waals surface area (Å²) < 4.78 is 5.51. The van der Waals surface area contributed by atoms with Crippen LogP contribution in [0.15, 0.2) is 47.1 Å². The van der Waals surface area contributed by atoms with Gasteiger partial charge in [0, 0.05) is 17.6 Å². The van der Waals surface area contributed by atoms with E-state index in [1.54, 1.807) is 6.26 Å². The van der Waals surface area contributed by atoms with Crippen LogP contribution in [0.25, 0.3) is 0 Å². The molecule has 1 N–H and O–H groups in total. The van der Waals surface area contributed by atoms with Crippen LogP contribution in [0, 0.1) is 0 Å². The number of halogens is 1. The SMILES string of the molecule is CC(NCC(c1ccco1)N(C)C)c1ccc(Cl)cc1. The zero-order chi connectivity index (χ0) is 14.5. The molecular weight excluding hydrogens is 272 g/mol. The third-order valence-corrected chi connectivity index (χ3v) is 3.73. The van der Waals surface area contributed by atoms with Crippen LogP contribution in [-0.4, -0.2) is 25.5 Å². The summed E-state index contributed by atoms with van der Waals surface area (Å²) in [6.45, 7) is 2.97. The molecule has 3 nitrogen and oxygen atoms in total. The Bertz CT molecular complexity index is 508. The fraction of sp³-hybridized carbons (Fsp3) is 0.375. The van der Waals surface area contributed by atoms with Gasteiger partial charge in [-0.15, -0.1) is 0 Å². The molecule has 0 aliphatic carbocycles. The van der Waals surface area contributed by atoms with Gasteiger partial charge in [-0.05, 0) is 50.8 Å². The van der Waals surface area contributed by atoms with Gasteiger partial charge in [0.2, 0.25) is 0 Å². The minimum absolute atomic E-state index is 0.222. The van der Waals surface area contributed by atoms with Crippen molar-refractivity contribution in [2.24, 2.45) is 0 Å². The highest BCUT2D eigenvalue weighted by molar-refractivity contribution is 6.30. The Balaban J connectivity index is 1.97. The van der Waals surface area contributed by atoms with Crippen molar-refractivity contribution in [3.05, 3.63) is 59.0 Å². The van der Waals surface area contributed by atoms with Gasteiger partial charge >= 0.3 is 0 Å². The standard InChI is InChI=1S/C16H21ClN2O/c1-12(13-6-8-14(17)9-7-13)18-11-15(19(2)3)16-5-4-10-20-16/h4-10,12,15,18H,11H2,1-3H3. The van der Waals surface area contributed by atoms with Crippen LogP contribution in [0.4, 0.5) is 0 Å². The quantitative estimate of drug-likeness (QED) is 0.876. The Kier molecular flexibility index (Phi) is 5.24. The second-order valence-electron chi connectivity index (χ2n) is 5.18. The number of hydrogen-bond acceptors (Lipinski definition) is 3. The summed E-state index contributed by atoms with van der Waals surface area (Å²) in [6.07, 6.45) is 1.72. The average Bonchev–Trinajstić information content (AvgIpc) is 2.93. The van der Waals surface area contributed by atoms with E-state index < -0.39 is 0 Å². The van der Waals surface area contributed by atoms with E-state index in [2.05, 4.69) is 43.4 Å². The molecule has 0 aliphatic heterocycles. The van der Waals surface area contributed by atoms with Crippen molar-refractivity contribution in [3.8, 4) is 0 Å². The molecule has 1 heterocycles. The van der Waals surface area contributed by atoms with Gasteiger partial charge in [0.15, 0.2) is 0 Å². The number of benzene rings is 1. The Morgan fingerprint density at radius 1 is 1.20 bits per heavy atom. The molecule has 1 aromatic heterocycles. The molecule has 0 saturated carbocycles. The van der Waals surface area contributed by atoms with Crippen molar-refractivity contribution in [2.45, 2.75) is 19.0 Å². The monoisotopic (exact) mass is 292 g/mol. The first-order valence-electron chi connectivity index (χ1n) is 6.76. The highest BCUT2D eigenvalue weighted by Gasteiger charge is 2.17. The highest BCUT2D eigenvalue weighted by Crippen LogP contribution is 2.20. The van der Waals surface area contributed by atoms with Crippen LogP contribution in [-0.2, 0) is 0 Å². The number of furan rings is 1. The maximum absolute atomic E-state index is 5.91. The van der Waals surface area contributed by atoms with Gasteiger partial charge in [-0.2, -0.15) is 0 Å². The van der Waals surface area contributed by atoms with E-state index in [1.165, 1.54) is 5.56 Å². The molecule has 108 valence electrons. The molecule has 2 unspecified atom stereocenters. The van der Waals surface area contributed by atoms with Gasteiger partial charge in [-0.3, -0.25) is 4.90 Å². The van der Waals surface area contributed by atoms with Crippen molar-refractivity contribution in [1.82, 2.24) is 10.2 Å². The van der Waals surface area contributed by atoms with Crippen LogP contribution < -0.4 is 5.32 Å². The molecule has 0 amide bonds. The van der Waals surface area contributed by atoms with Gasteiger partial charge in [0.25, 0.3) is 0 Å². The Hall–Kier alpha value is -1.29. The first-order chi connectivity index (χ1) is 9.58. The molecule has 0 radical (unpaired) electrons. The molecule has 0 saturated heterocycles. The largest absolute Gasteiger partial charge is 0.468 e. The first-order valence-corrected chi connectivity index (χ1v) is 7.14. The van der Waals surface area contributed by atoms with Crippen molar-refractivity contribution in [3.63, 3.8) is 0 Å². The molecule has 1 aromatic carbocycles. The summed E-state index contributed by atoms with van der Waals surface area (Å²) in [5.41, 5.74) is 1.23. The number of likely N-dealkylation sites (N-methyl/N-ethyl adjacent to an activating group) is 1.